The monoisotopic (exact) mass is 453 g/mol. The van der Waals surface area contributed by atoms with Crippen LogP contribution in [0.5, 0.6) is 0 Å². The molecule has 2 N–H and O–H groups in total. The third-order valence-corrected chi connectivity index (χ3v) is 7.54. The lowest BCUT2D eigenvalue weighted by Gasteiger charge is -2.35. The number of benzene rings is 2. The standard InChI is InChI=1S/C25H31N3O3S/c29-25(16-11-20-9-14-24(15-10-20)32(30,31)27-22-12-13-22)26-18-23-8-4-5-17-28(23)19-21-6-2-1-3-7-21/h1-3,6-7,9-11,14-16,22-23,27H,4-5,8,12-13,17-19H2,(H,26,29)/b16-11+. The van der Waals surface area contributed by atoms with Gasteiger partial charge in [-0.1, -0.05) is 48.9 Å². The molecule has 6 nitrogen and oxygen atoms in total. The van der Waals surface area contributed by atoms with Crippen LogP contribution >= 0.6 is 0 Å². The number of hydrogen-bond donors (Lipinski definition) is 2. The van der Waals surface area contributed by atoms with Crippen LogP contribution in [0.25, 0.3) is 6.08 Å². The molecule has 1 unspecified atom stereocenters. The highest BCUT2D eigenvalue weighted by Gasteiger charge is 2.27. The largest absolute Gasteiger partial charge is 0.351 e. The molecule has 4 rings (SSSR count). The Labute approximate surface area is 190 Å². The van der Waals surface area contributed by atoms with Crippen molar-refractivity contribution in [2.24, 2.45) is 0 Å². The third-order valence-electron chi connectivity index (χ3n) is 6.01. The fourth-order valence-electron chi connectivity index (χ4n) is 4.01. The molecule has 1 amide bonds. The van der Waals surface area contributed by atoms with Crippen LogP contribution in [0.4, 0.5) is 0 Å². The lowest BCUT2D eigenvalue weighted by atomic mass is 10.0. The van der Waals surface area contributed by atoms with Crippen LogP contribution in [0.1, 0.15) is 43.2 Å². The van der Waals surface area contributed by atoms with Gasteiger partial charge < -0.3 is 5.32 Å². The summed E-state index contributed by atoms with van der Waals surface area (Å²) in [5, 5.41) is 3.03. The van der Waals surface area contributed by atoms with Crippen LogP contribution in [0.2, 0.25) is 0 Å². The quantitative estimate of drug-likeness (QED) is 0.571. The first-order chi connectivity index (χ1) is 15.5. The predicted octanol–water partition coefficient (Wildman–Crippen LogP) is 3.31. The van der Waals surface area contributed by atoms with E-state index in [4.69, 9.17) is 0 Å². The van der Waals surface area contributed by atoms with Gasteiger partial charge in [0.15, 0.2) is 0 Å². The molecule has 32 heavy (non-hydrogen) atoms. The van der Waals surface area contributed by atoms with Crippen LogP contribution in [-0.2, 0) is 21.4 Å². The minimum atomic E-state index is -3.45. The highest BCUT2D eigenvalue weighted by atomic mass is 32.2. The van der Waals surface area contributed by atoms with E-state index in [0.29, 0.717) is 12.6 Å². The molecule has 0 aromatic heterocycles. The van der Waals surface area contributed by atoms with Gasteiger partial charge in [0.1, 0.15) is 0 Å². The van der Waals surface area contributed by atoms with E-state index < -0.39 is 10.0 Å². The number of amides is 1. The summed E-state index contributed by atoms with van der Waals surface area (Å²) in [5.41, 5.74) is 2.08. The molecular weight excluding hydrogens is 422 g/mol. The minimum absolute atomic E-state index is 0.0797. The van der Waals surface area contributed by atoms with E-state index in [-0.39, 0.29) is 16.8 Å². The maximum atomic E-state index is 12.4. The molecule has 2 aromatic rings. The van der Waals surface area contributed by atoms with Crippen molar-refractivity contribution in [3.05, 3.63) is 71.8 Å². The minimum Gasteiger partial charge on any atom is -0.351 e. The molecule has 1 heterocycles. The van der Waals surface area contributed by atoms with Gasteiger partial charge >= 0.3 is 0 Å². The third kappa shape index (κ3) is 6.51. The lowest BCUT2D eigenvalue weighted by Crippen LogP contribution is -2.45. The van der Waals surface area contributed by atoms with E-state index in [9.17, 15) is 13.2 Å². The Kier molecular flexibility index (Phi) is 7.40. The Morgan fingerprint density at radius 3 is 2.47 bits per heavy atom. The van der Waals surface area contributed by atoms with Crippen molar-refractivity contribution in [2.45, 2.75) is 55.6 Å². The van der Waals surface area contributed by atoms with Gasteiger partial charge in [0.2, 0.25) is 15.9 Å². The second kappa shape index (κ2) is 10.4. The molecule has 1 atom stereocenters. The normalized spacial score (nSPS) is 19.8. The van der Waals surface area contributed by atoms with Gasteiger partial charge in [0, 0.05) is 31.2 Å². The van der Waals surface area contributed by atoms with Crippen LogP contribution in [-0.4, -0.2) is 44.4 Å². The van der Waals surface area contributed by atoms with Gasteiger partial charge in [-0.25, -0.2) is 13.1 Å². The van der Waals surface area contributed by atoms with E-state index in [2.05, 4.69) is 39.2 Å². The first-order valence-corrected chi connectivity index (χ1v) is 12.8. The average Bonchev–Trinajstić information content (AvgIpc) is 3.61. The smallest absolute Gasteiger partial charge is 0.244 e. The Balaban J connectivity index is 1.28. The highest BCUT2D eigenvalue weighted by Crippen LogP contribution is 2.22. The number of likely N-dealkylation sites (tertiary alicyclic amines) is 1. The van der Waals surface area contributed by atoms with Gasteiger partial charge in [0.25, 0.3) is 0 Å². The van der Waals surface area contributed by atoms with E-state index >= 15 is 0 Å². The van der Waals surface area contributed by atoms with Gasteiger partial charge in [0.05, 0.1) is 4.90 Å². The Bertz CT molecular complexity index is 1030. The zero-order chi connectivity index (χ0) is 22.4. The summed E-state index contributed by atoms with van der Waals surface area (Å²) in [6.45, 7) is 2.58. The molecule has 1 saturated heterocycles. The van der Waals surface area contributed by atoms with E-state index in [1.54, 1.807) is 30.3 Å². The van der Waals surface area contributed by atoms with E-state index in [1.165, 1.54) is 24.5 Å². The number of carbonyl (C=O) groups excluding carboxylic acids is 1. The molecule has 1 aliphatic heterocycles. The first kappa shape index (κ1) is 22.7. The molecular formula is C25H31N3O3S. The SMILES string of the molecule is O=C(/C=C/c1ccc(S(=O)(=O)NC2CC2)cc1)NCC1CCCCN1Cc1ccccc1. The number of nitrogens with zero attached hydrogens (tertiary/aromatic N) is 1. The Hall–Kier alpha value is -2.48. The van der Waals surface area contributed by atoms with Gasteiger partial charge in [-0.3, -0.25) is 9.69 Å². The maximum absolute atomic E-state index is 12.4. The summed E-state index contributed by atoms with van der Waals surface area (Å²) in [7, 11) is -3.45. The van der Waals surface area contributed by atoms with Crippen molar-refractivity contribution in [1.82, 2.24) is 14.9 Å². The Morgan fingerprint density at radius 2 is 1.75 bits per heavy atom. The fraction of sp³-hybridized carbons (Fsp3) is 0.400. The van der Waals surface area contributed by atoms with Crippen LogP contribution < -0.4 is 10.0 Å². The lowest BCUT2D eigenvalue weighted by molar-refractivity contribution is -0.116. The summed E-state index contributed by atoms with van der Waals surface area (Å²) < 4.78 is 27.1. The van der Waals surface area contributed by atoms with Crippen LogP contribution in [0, 0.1) is 0 Å². The molecule has 0 bridgehead atoms. The zero-order valence-electron chi connectivity index (χ0n) is 18.2. The summed E-state index contributed by atoms with van der Waals surface area (Å²) in [5.74, 6) is -0.137. The van der Waals surface area contributed by atoms with Crippen LogP contribution in [0.3, 0.4) is 0 Å². The number of sulfonamides is 1. The Morgan fingerprint density at radius 1 is 1.00 bits per heavy atom. The summed E-state index contributed by atoms with van der Waals surface area (Å²) in [4.78, 5) is 15.1. The molecule has 0 spiro atoms. The number of carbonyl (C=O) groups is 1. The van der Waals surface area contributed by atoms with E-state index in [1.807, 2.05) is 6.07 Å². The van der Waals surface area contributed by atoms with Crippen molar-refractivity contribution in [1.29, 1.82) is 0 Å². The molecule has 2 aliphatic rings. The molecule has 1 aliphatic carbocycles. The second-order valence-electron chi connectivity index (χ2n) is 8.65. The molecule has 1 saturated carbocycles. The maximum Gasteiger partial charge on any atom is 0.244 e. The van der Waals surface area contributed by atoms with Crippen molar-refractivity contribution < 1.29 is 13.2 Å². The van der Waals surface area contributed by atoms with Crippen molar-refractivity contribution in [2.75, 3.05) is 13.1 Å². The van der Waals surface area contributed by atoms with Crippen molar-refractivity contribution in [3.8, 4) is 0 Å². The zero-order valence-corrected chi connectivity index (χ0v) is 19.1. The van der Waals surface area contributed by atoms with Gasteiger partial charge in [-0.2, -0.15) is 0 Å². The molecule has 170 valence electrons. The predicted molar refractivity (Wildman–Crippen MR) is 126 cm³/mol. The number of rotatable bonds is 9. The summed E-state index contributed by atoms with van der Waals surface area (Å²) >= 11 is 0. The van der Waals surface area contributed by atoms with Crippen LogP contribution in [0.15, 0.2) is 65.6 Å². The number of nitrogens with one attached hydrogen (secondary N) is 2. The fourth-order valence-corrected chi connectivity index (χ4v) is 5.32. The second-order valence-corrected chi connectivity index (χ2v) is 10.4. The highest BCUT2D eigenvalue weighted by molar-refractivity contribution is 7.89. The van der Waals surface area contributed by atoms with E-state index in [0.717, 1.165) is 37.9 Å². The average molecular weight is 454 g/mol. The molecule has 0 radical (unpaired) electrons. The topological polar surface area (TPSA) is 78.5 Å². The molecule has 2 aromatic carbocycles. The molecule has 2 fully saturated rings. The number of hydrogen-bond acceptors (Lipinski definition) is 4. The van der Waals surface area contributed by atoms with Crippen molar-refractivity contribution >= 4 is 22.0 Å². The summed E-state index contributed by atoms with van der Waals surface area (Å²) in [6, 6.07) is 17.4. The first-order valence-electron chi connectivity index (χ1n) is 11.4. The van der Waals surface area contributed by atoms with Gasteiger partial charge in [-0.05, 0) is 61.6 Å². The van der Waals surface area contributed by atoms with Gasteiger partial charge in [-0.15, -0.1) is 0 Å². The van der Waals surface area contributed by atoms with Crippen molar-refractivity contribution in [3.63, 3.8) is 0 Å². The number of piperidine rings is 1. The summed E-state index contributed by atoms with van der Waals surface area (Å²) in [6.07, 6.45) is 8.49. The molecule has 7 heteroatoms.